The van der Waals surface area contributed by atoms with Crippen LogP contribution in [0.5, 0.6) is 0 Å². The van der Waals surface area contributed by atoms with Crippen LogP contribution >= 0.6 is 0 Å². The molecule has 1 aliphatic heterocycles. The molecule has 2 unspecified atom stereocenters. The number of nitrogens with one attached hydrogen (secondary N) is 1. The van der Waals surface area contributed by atoms with Crippen molar-refractivity contribution in [3.63, 3.8) is 0 Å². The van der Waals surface area contributed by atoms with Gasteiger partial charge in [0.2, 0.25) is 5.91 Å². The Morgan fingerprint density at radius 1 is 1.62 bits per heavy atom. The minimum atomic E-state index is -4.39. The minimum absolute atomic E-state index is 0.186. The van der Waals surface area contributed by atoms with E-state index in [4.69, 9.17) is 5.73 Å². The first-order chi connectivity index (χ1) is 7.41. The fourth-order valence-corrected chi connectivity index (χ4v) is 1.98. The van der Waals surface area contributed by atoms with Crippen molar-refractivity contribution in [3.8, 4) is 0 Å². The molecule has 7 heteroatoms. The molecule has 94 valence electrons. The zero-order valence-electron chi connectivity index (χ0n) is 9.05. The highest BCUT2D eigenvalue weighted by atomic mass is 19.4. The molecule has 3 N–H and O–H groups in total. The predicted molar refractivity (Wildman–Crippen MR) is 52.7 cm³/mol. The number of hydrogen-bond donors (Lipinski definition) is 2. The maximum atomic E-state index is 12.7. The lowest BCUT2D eigenvalue weighted by Crippen LogP contribution is -2.63. The summed E-state index contributed by atoms with van der Waals surface area (Å²) in [4.78, 5) is 12.6. The van der Waals surface area contributed by atoms with Crippen LogP contribution in [0.1, 0.15) is 13.3 Å². The lowest BCUT2D eigenvalue weighted by molar-refractivity contribution is -0.190. The second-order valence-electron chi connectivity index (χ2n) is 3.75. The van der Waals surface area contributed by atoms with Crippen molar-refractivity contribution in [1.29, 1.82) is 0 Å². The molecule has 1 saturated heterocycles. The first kappa shape index (κ1) is 13.2. The van der Waals surface area contributed by atoms with Crippen molar-refractivity contribution < 1.29 is 18.0 Å². The third kappa shape index (κ3) is 2.65. The Kier molecular flexibility index (Phi) is 4.15. The van der Waals surface area contributed by atoms with Crippen LogP contribution in [-0.2, 0) is 4.79 Å². The van der Waals surface area contributed by atoms with E-state index in [1.165, 1.54) is 0 Å². The molecule has 0 aromatic heterocycles. The van der Waals surface area contributed by atoms with E-state index in [2.05, 4.69) is 5.32 Å². The van der Waals surface area contributed by atoms with Gasteiger partial charge in [-0.05, 0) is 6.42 Å². The Morgan fingerprint density at radius 3 is 2.69 bits per heavy atom. The van der Waals surface area contributed by atoms with E-state index in [1.807, 2.05) is 0 Å². The Bertz CT molecular complexity index is 257. The summed E-state index contributed by atoms with van der Waals surface area (Å²) >= 11 is 0. The number of carbonyl (C=O) groups is 1. The number of nitrogens with two attached hydrogens (primary N) is 1. The monoisotopic (exact) mass is 239 g/mol. The summed E-state index contributed by atoms with van der Waals surface area (Å²) < 4.78 is 38.1. The zero-order valence-corrected chi connectivity index (χ0v) is 9.05. The third-order valence-electron chi connectivity index (χ3n) is 2.76. The second kappa shape index (κ2) is 5.01. The maximum Gasteiger partial charge on any atom is 0.405 e. The van der Waals surface area contributed by atoms with Crippen LogP contribution in [0.15, 0.2) is 0 Å². The Hall–Kier alpha value is -0.820. The average Bonchev–Trinajstić information content (AvgIpc) is 2.17. The van der Waals surface area contributed by atoms with E-state index >= 15 is 0 Å². The number of alkyl halides is 3. The summed E-state index contributed by atoms with van der Waals surface area (Å²) in [6.45, 7) is 1.59. The topological polar surface area (TPSA) is 58.4 Å². The zero-order chi connectivity index (χ0) is 12.3. The molecule has 0 radical (unpaired) electrons. The van der Waals surface area contributed by atoms with E-state index in [-0.39, 0.29) is 19.0 Å². The van der Waals surface area contributed by atoms with Gasteiger partial charge in [0.05, 0.1) is 6.04 Å². The SMILES string of the molecule is CCC1C(=O)NCCN1C(CN)C(F)(F)F. The molecule has 0 saturated carbocycles. The van der Waals surface area contributed by atoms with Gasteiger partial charge in [-0.3, -0.25) is 9.69 Å². The summed E-state index contributed by atoms with van der Waals surface area (Å²) in [5, 5.41) is 2.55. The molecule has 0 spiro atoms. The van der Waals surface area contributed by atoms with Crippen molar-refractivity contribution in [3.05, 3.63) is 0 Å². The lowest BCUT2D eigenvalue weighted by atomic mass is 10.1. The number of amides is 1. The van der Waals surface area contributed by atoms with Gasteiger partial charge in [0, 0.05) is 19.6 Å². The smallest absolute Gasteiger partial charge is 0.353 e. The molecule has 2 atom stereocenters. The Labute approximate surface area is 92.0 Å². The van der Waals surface area contributed by atoms with Crippen LogP contribution in [0.2, 0.25) is 0 Å². The quantitative estimate of drug-likeness (QED) is 0.733. The molecule has 1 amide bonds. The number of hydrogen-bond acceptors (Lipinski definition) is 3. The van der Waals surface area contributed by atoms with E-state index < -0.39 is 24.8 Å². The van der Waals surface area contributed by atoms with Crippen LogP contribution in [-0.4, -0.2) is 48.7 Å². The van der Waals surface area contributed by atoms with Crippen molar-refractivity contribution in [2.24, 2.45) is 5.73 Å². The molecule has 1 heterocycles. The Morgan fingerprint density at radius 2 is 2.25 bits per heavy atom. The average molecular weight is 239 g/mol. The molecule has 0 bridgehead atoms. The molecule has 16 heavy (non-hydrogen) atoms. The molecule has 0 aliphatic carbocycles. The summed E-state index contributed by atoms with van der Waals surface area (Å²) in [7, 11) is 0. The van der Waals surface area contributed by atoms with Gasteiger partial charge in [0.1, 0.15) is 6.04 Å². The lowest BCUT2D eigenvalue weighted by Gasteiger charge is -2.40. The molecule has 1 aliphatic rings. The van der Waals surface area contributed by atoms with Crippen LogP contribution in [0.3, 0.4) is 0 Å². The van der Waals surface area contributed by atoms with Gasteiger partial charge in [0.15, 0.2) is 0 Å². The summed E-state index contributed by atoms with van der Waals surface area (Å²) in [5.74, 6) is -0.351. The van der Waals surface area contributed by atoms with Crippen LogP contribution in [0.25, 0.3) is 0 Å². The highest BCUT2D eigenvalue weighted by molar-refractivity contribution is 5.82. The van der Waals surface area contributed by atoms with Gasteiger partial charge >= 0.3 is 6.18 Å². The molecule has 0 aromatic rings. The number of piperazine rings is 1. The maximum absolute atomic E-state index is 12.7. The van der Waals surface area contributed by atoms with E-state index in [0.717, 1.165) is 4.90 Å². The van der Waals surface area contributed by atoms with E-state index in [9.17, 15) is 18.0 Å². The van der Waals surface area contributed by atoms with E-state index in [1.54, 1.807) is 6.92 Å². The minimum Gasteiger partial charge on any atom is -0.353 e. The van der Waals surface area contributed by atoms with Crippen LogP contribution < -0.4 is 11.1 Å². The van der Waals surface area contributed by atoms with Gasteiger partial charge in [0.25, 0.3) is 0 Å². The fraction of sp³-hybridized carbons (Fsp3) is 0.889. The highest BCUT2D eigenvalue weighted by Gasteiger charge is 2.46. The van der Waals surface area contributed by atoms with Gasteiger partial charge in [-0.15, -0.1) is 0 Å². The molecular formula is C9H16F3N3O. The number of rotatable bonds is 3. The highest BCUT2D eigenvalue weighted by Crippen LogP contribution is 2.27. The van der Waals surface area contributed by atoms with E-state index in [0.29, 0.717) is 6.42 Å². The first-order valence-corrected chi connectivity index (χ1v) is 5.22. The standard InChI is InChI=1S/C9H16F3N3O/c1-2-6-8(16)14-3-4-15(6)7(5-13)9(10,11)12/h6-7H,2-5,13H2,1H3,(H,14,16). The third-order valence-corrected chi connectivity index (χ3v) is 2.76. The van der Waals surface area contributed by atoms with Gasteiger partial charge in [-0.2, -0.15) is 13.2 Å². The molecule has 4 nitrogen and oxygen atoms in total. The van der Waals surface area contributed by atoms with Gasteiger partial charge in [-0.1, -0.05) is 6.92 Å². The van der Waals surface area contributed by atoms with Gasteiger partial charge < -0.3 is 11.1 Å². The predicted octanol–water partition coefficient (Wildman–Crippen LogP) is 0.0864. The van der Waals surface area contributed by atoms with Crippen molar-refractivity contribution in [1.82, 2.24) is 10.2 Å². The largest absolute Gasteiger partial charge is 0.405 e. The normalized spacial score (nSPS) is 25.3. The van der Waals surface area contributed by atoms with Crippen LogP contribution in [0.4, 0.5) is 13.2 Å². The van der Waals surface area contributed by atoms with Crippen LogP contribution in [0, 0.1) is 0 Å². The number of nitrogens with zero attached hydrogens (tertiary/aromatic N) is 1. The Balaban J connectivity index is 2.86. The van der Waals surface area contributed by atoms with Crippen molar-refractivity contribution in [2.45, 2.75) is 31.6 Å². The number of halogens is 3. The fourth-order valence-electron chi connectivity index (χ4n) is 1.98. The summed E-state index contributed by atoms with van der Waals surface area (Å²) in [6, 6.07) is -2.47. The second-order valence-corrected chi connectivity index (χ2v) is 3.75. The first-order valence-electron chi connectivity index (χ1n) is 5.22. The van der Waals surface area contributed by atoms with Crippen molar-refractivity contribution in [2.75, 3.05) is 19.6 Å². The molecule has 1 rings (SSSR count). The molecule has 0 aromatic carbocycles. The number of carbonyl (C=O) groups excluding carboxylic acids is 1. The van der Waals surface area contributed by atoms with Gasteiger partial charge in [-0.25, -0.2) is 0 Å². The van der Waals surface area contributed by atoms with Crippen molar-refractivity contribution >= 4 is 5.91 Å². The molecule has 1 fully saturated rings. The molecular weight excluding hydrogens is 223 g/mol. The summed E-state index contributed by atoms with van der Waals surface area (Å²) in [5.41, 5.74) is 5.16. The summed E-state index contributed by atoms with van der Waals surface area (Å²) in [6.07, 6.45) is -4.04.